The Kier molecular flexibility index (Phi) is 10.6. The van der Waals surface area contributed by atoms with Gasteiger partial charge in [-0.25, -0.2) is 9.59 Å². The maximum absolute atomic E-state index is 13.1. The molecule has 1 unspecified atom stereocenters. The number of Topliss-reactive ketones (excluding diaryl/α,β-unsaturated/α-hetero) is 1. The van der Waals surface area contributed by atoms with Gasteiger partial charge in [0.15, 0.2) is 11.9 Å². The predicted molar refractivity (Wildman–Crippen MR) is 149 cm³/mol. The zero-order valence-electron chi connectivity index (χ0n) is 23.1. The number of methoxy groups -OCH3 is 2. The molecule has 224 valence electrons. The first-order valence-electron chi connectivity index (χ1n) is 13.2. The number of aliphatic hydroxyl groups excluding tert-OH is 1. The molecule has 2 aliphatic heterocycles. The number of amides is 2. The van der Waals surface area contributed by atoms with Crippen LogP contribution in [-0.4, -0.2) is 89.4 Å². The second kappa shape index (κ2) is 14.3. The normalized spacial score (nSPS) is 22.1. The van der Waals surface area contributed by atoms with Crippen molar-refractivity contribution in [3.05, 3.63) is 65.7 Å². The molecule has 0 radical (unpaired) electrons. The molecule has 0 aliphatic carbocycles. The van der Waals surface area contributed by atoms with E-state index in [2.05, 4.69) is 10.1 Å². The summed E-state index contributed by atoms with van der Waals surface area (Å²) in [4.78, 5) is 64.0. The first-order valence-corrected chi connectivity index (χ1v) is 14.3. The fraction of sp³-hybridized carbons (Fsp3) is 0.414. The smallest absolute Gasteiger partial charge is 0.356 e. The van der Waals surface area contributed by atoms with E-state index in [1.165, 1.54) is 14.2 Å². The molecule has 4 rings (SSSR count). The number of esters is 2. The first-order chi connectivity index (χ1) is 20.2. The van der Waals surface area contributed by atoms with Crippen LogP contribution in [0.15, 0.2) is 54.6 Å². The molecule has 2 saturated heterocycles. The summed E-state index contributed by atoms with van der Waals surface area (Å²) in [5.74, 6) is -2.64. The highest BCUT2D eigenvalue weighted by molar-refractivity contribution is 8.00. The molecule has 0 aromatic heterocycles. The van der Waals surface area contributed by atoms with Gasteiger partial charge in [0.25, 0.3) is 5.91 Å². The van der Waals surface area contributed by atoms with Crippen LogP contribution < -0.4 is 10.1 Å². The molecular weight excluding hydrogens is 568 g/mol. The number of ether oxygens (including phenoxy) is 4. The average molecular weight is 601 g/mol. The number of nitrogens with one attached hydrogen (secondary N) is 1. The summed E-state index contributed by atoms with van der Waals surface area (Å²) in [7, 11) is 2.76. The van der Waals surface area contributed by atoms with Crippen molar-refractivity contribution in [2.75, 3.05) is 20.0 Å². The number of thioether (sulfide) groups is 1. The lowest BCUT2D eigenvalue weighted by Gasteiger charge is -2.47. The summed E-state index contributed by atoms with van der Waals surface area (Å²) in [5, 5.41) is 12.5. The molecule has 2 amide bonds. The lowest BCUT2D eigenvalue weighted by molar-refractivity contribution is -0.182. The monoisotopic (exact) mass is 600 g/mol. The zero-order chi connectivity index (χ0) is 30.2. The van der Waals surface area contributed by atoms with Gasteiger partial charge in [0, 0.05) is 0 Å². The number of nitrogens with zero attached hydrogens (tertiary/aromatic N) is 1. The van der Waals surface area contributed by atoms with Crippen molar-refractivity contribution in [2.24, 2.45) is 0 Å². The highest BCUT2D eigenvalue weighted by Gasteiger charge is 2.53. The highest BCUT2D eigenvalue weighted by atomic mass is 32.2. The van der Waals surface area contributed by atoms with Gasteiger partial charge in [-0.3, -0.25) is 19.3 Å². The van der Waals surface area contributed by atoms with Crippen LogP contribution in [-0.2, 0) is 51.2 Å². The molecule has 0 bridgehead atoms. The van der Waals surface area contributed by atoms with Gasteiger partial charge in [0.05, 0.1) is 26.4 Å². The fourth-order valence-corrected chi connectivity index (χ4v) is 5.84. The predicted octanol–water partition coefficient (Wildman–Crippen LogP) is 0.976. The van der Waals surface area contributed by atoms with Crippen molar-refractivity contribution in [1.82, 2.24) is 10.2 Å². The number of β-lactam (4-membered cyclic amide) rings is 1. The van der Waals surface area contributed by atoms with Crippen molar-refractivity contribution in [3.63, 3.8) is 0 Å². The second-order valence-electron chi connectivity index (χ2n) is 9.66. The van der Waals surface area contributed by atoms with Crippen LogP contribution in [0.4, 0.5) is 0 Å². The van der Waals surface area contributed by atoms with Crippen molar-refractivity contribution in [1.29, 1.82) is 0 Å². The van der Waals surface area contributed by atoms with Crippen LogP contribution >= 0.6 is 11.8 Å². The molecule has 2 N–H and O–H groups in total. The molecule has 2 aromatic rings. The van der Waals surface area contributed by atoms with E-state index < -0.39 is 53.6 Å². The number of carbonyl (C=O) groups excluding carboxylic acids is 5. The maximum Gasteiger partial charge on any atom is 0.356 e. The second-order valence-corrected chi connectivity index (χ2v) is 10.8. The Hall–Kier alpha value is -3.94. The zero-order valence-corrected chi connectivity index (χ0v) is 23.9. The van der Waals surface area contributed by atoms with Crippen molar-refractivity contribution < 1.29 is 48.0 Å². The number of benzene rings is 2. The summed E-state index contributed by atoms with van der Waals surface area (Å²) in [6.07, 6.45) is -2.96. The molecule has 13 heteroatoms. The van der Waals surface area contributed by atoms with Crippen LogP contribution in [0.5, 0.6) is 5.75 Å². The summed E-state index contributed by atoms with van der Waals surface area (Å²) in [5.41, 5.74) is 1.37. The SMILES string of the molecule is COC(=O)[C@H]1CC[C@H](C(=O)CS[C@@H]2[C@H](NC(=O)Cc3ccccc3)C(=O)N2C(O)C(=O)OCc2ccc(OC)cc2)O1. The van der Waals surface area contributed by atoms with Crippen molar-refractivity contribution >= 4 is 41.3 Å². The van der Waals surface area contributed by atoms with Crippen LogP contribution in [0, 0.1) is 0 Å². The van der Waals surface area contributed by atoms with E-state index in [4.69, 9.17) is 14.2 Å². The molecular formula is C29H32N2O10S. The Bertz CT molecular complexity index is 1290. The lowest BCUT2D eigenvalue weighted by Crippen LogP contribution is -2.73. The molecule has 2 fully saturated rings. The topological polar surface area (TPSA) is 158 Å². The Balaban J connectivity index is 1.39. The Labute approximate surface area is 246 Å². The largest absolute Gasteiger partial charge is 0.497 e. The van der Waals surface area contributed by atoms with Crippen molar-refractivity contribution in [2.45, 2.75) is 55.7 Å². The minimum absolute atomic E-state index is 0.0121. The van der Waals surface area contributed by atoms with Gasteiger partial charge >= 0.3 is 11.9 Å². The van der Waals surface area contributed by atoms with Crippen molar-refractivity contribution in [3.8, 4) is 5.75 Å². The molecule has 42 heavy (non-hydrogen) atoms. The van der Waals surface area contributed by atoms with Gasteiger partial charge in [-0.15, -0.1) is 11.8 Å². The molecule has 0 spiro atoms. The van der Waals surface area contributed by atoms with E-state index in [1.54, 1.807) is 48.5 Å². The van der Waals surface area contributed by atoms with Gasteiger partial charge in [-0.1, -0.05) is 42.5 Å². The Morgan fingerprint density at radius 3 is 2.38 bits per heavy atom. The van der Waals surface area contributed by atoms with Crippen LogP contribution in [0.2, 0.25) is 0 Å². The van der Waals surface area contributed by atoms with Gasteiger partial charge in [0.2, 0.25) is 12.1 Å². The lowest BCUT2D eigenvalue weighted by atomic mass is 10.1. The number of hydrogen-bond acceptors (Lipinski definition) is 11. The van der Waals surface area contributed by atoms with Crippen LogP contribution in [0.25, 0.3) is 0 Å². The maximum atomic E-state index is 13.1. The van der Waals surface area contributed by atoms with E-state index in [0.29, 0.717) is 24.2 Å². The molecule has 2 aliphatic rings. The van der Waals surface area contributed by atoms with Crippen LogP contribution in [0.1, 0.15) is 24.0 Å². The molecule has 12 nitrogen and oxygen atoms in total. The van der Waals surface area contributed by atoms with Gasteiger partial charge in [-0.2, -0.15) is 0 Å². The van der Waals surface area contributed by atoms with E-state index >= 15 is 0 Å². The van der Waals surface area contributed by atoms with E-state index in [-0.39, 0.29) is 24.6 Å². The molecule has 5 atom stereocenters. The van der Waals surface area contributed by atoms with Gasteiger partial charge in [0.1, 0.15) is 29.9 Å². The minimum Gasteiger partial charge on any atom is -0.497 e. The fourth-order valence-electron chi connectivity index (χ4n) is 4.57. The Morgan fingerprint density at radius 1 is 1.02 bits per heavy atom. The summed E-state index contributed by atoms with van der Waals surface area (Å²) < 4.78 is 20.5. The number of rotatable bonds is 13. The molecule has 2 aromatic carbocycles. The van der Waals surface area contributed by atoms with E-state index in [1.807, 2.05) is 6.07 Å². The first kappa shape index (κ1) is 31.0. The Morgan fingerprint density at radius 2 is 1.71 bits per heavy atom. The number of hydrogen-bond donors (Lipinski definition) is 2. The van der Waals surface area contributed by atoms with E-state index in [9.17, 15) is 29.1 Å². The van der Waals surface area contributed by atoms with Gasteiger partial charge in [-0.05, 0) is 36.1 Å². The highest BCUT2D eigenvalue weighted by Crippen LogP contribution is 2.33. The minimum atomic E-state index is -1.96. The third-order valence-electron chi connectivity index (χ3n) is 6.86. The number of ketones is 1. The number of aliphatic hydroxyl groups is 1. The third kappa shape index (κ3) is 7.46. The third-order valence-corrected chi connectivity index (χ3v) is 8.15. The number of carbonyl (C=O) groups is 5. The quantitative estimate of drug-likeness (QED) is 0.249. The molecule has 0 saturated carbocycles. The van der Waals surface area contributed by atoms with Crippen LogP contribution in [0.3, 0.4) is 0 Å². The standard InChI is InChI=1S/C29H32N2O10S/c1-38-19-10-8-18(9-11-19)15-40-29(37)26(35)31-25(34)24(30-23(33)14-17-6-4-3-5-7-17)27(31)42-16-20(32)21-12-13-22(41-21)28(36)39-2/h3-11,21-22,24,26-27,35H,12-16H2,1-2H3,(H,30,33)/t21-,22-,24-,26?,27-/m1/s1. The van der Waals surface area contributed by atoms with E-state index in [0.717, 1.165) is 22.2 Å². The number of likely N-dealkylation sites (tertiary alicyclic amines) is 1. The van der Waals surface area contributed by atoms with Gasteiger partial charge < -0.3 is 29.4 Å². The summed E-state index contributed by atoms with van der Waals surface area (Å²) in [6, 6.07) is 14.6. The average Bonchev–Trinajstić information content (AvgIpc) is 3.51. The summed E-state index contributed by atoms with van der Waals surface area (Å²) in [6.45, 7) is -0.157. The summed E-state index contributed by atoms with van der Waals surface area (Å²) >= 11 is 0.969. The molecule has 2 heterocycles.